The monoisotopic (exact) mass is 267 g/mol. The molecule has 1 saturated carbocycles. The van der Waals surface area contributed by atoms with Gasteiger partial charge in [0.2, 0.25) is 0 Å². The summed E-state index contributed by atoms with van der Waals surface area (Å²) < 4.78 is 0. The maximum absolute atomic E-state index is 5.98. The summed E-state index contributed by atoms with van der Waals surface area (Å²) in [6.07, 6.45) is 5.24. The van der Waals surface area contributed by atoms with Crippen LogP contribution in [0.1, 0.15) is 54.2 Å². The van der Waals surface area contributed by atoms with Crippen LogP contribution in [0.2, 0.25) is 0 Å². The largest absolute Gasteiger partial charge is 0.330 e. The van der Waals surface area contributed by atoms with E-state index in [0.29, 0.717) is 11.5 Å². The van der Waals surface area contributed by atoms with Crippen molar-refractivity contribution < 1.29 is 0 Å². The molecule has 1 unspecified atom stereocenters. The first kappa shape index (κ1) is 14.0. The second-order valence-corrected chi connectivity index (χ2v) is 6.93. The molecule has 1 heterocycles. The molecule has 0 bridgehead atoms. The zero-order valence-corrected chi connectivity index (χ0v) is 12.6. The molecule has 1 atom stereocenters. The molecule has 1 aromatic rings. The van der Waals surface area contributed by atoms with Gasteiger partial charge in [0, 0.05) is 17.5 Å². The van der Waals surface area contributed by atoms with Crippen LogP contribution in [0.5, 0.6) is 0 Å². The lowest BCUT2D eigenvalue weighted by Crippen LogP contribution is -2.39. The van der Waals surface area contributed by atoms with E-state index in [4.69, 9.17) is 5.73 Å². The first-order chi connectivity index (χ1) is 8.56. The Morgan fingerprint density at radius 3 is 2.56 bits per heavy atom. The van der Waals surface area contributed by atoms with Crippen molar-refractivity contribution in [1.82, 2.24) is 10.3 Å². The Morgan fingerprint density at radius 2 is 2.06 bits per heavy atom. The predicted octanol–water partition coefficient (Wildman–Crippen LogP) is 2.93. The third-order valence-corrected chi connectivity index (χ3v) is 5.47. The fraction of sp³-hybridized carbons (Fsp3) is 0.786. The van der Waals surface area contributed by atoms with Crippen molar-refractivity contribution in [2.75, 3.05) is 13.1 Å². The molecule has 0 radical (unpaired) electrons. The first-order valence-electron chi connectivity index (χ1n) is 6.94. The van der Waals surface area contributed by atoms with Crippen molar-refractivity contribution in [3.8, 4) is 0 Å². The minimum atomic E-state index is 0.349. The van der Waals surface area contributed by atoms with Gasteiger partial charge in [-0.05, 0) is 45.6 Å². The summed E-state index contributed by atoms with van der Waals surface area (Å²) in [6, 6.07) is 0.389. The molecule has 4 heteroatoms. The van der Waals surface area contributed by atoms with Crippen molar-refractivity contribution >= 4 is 11.3 Å². The Labute approximate surface area is 114 Å². The van der Waals surface area contributed by atoms with Crippen LogP contribution < -0.4 is 11.1 Å². The van der Waals surface area contributed by atoms with Crippen molar-refractivity contribution in [2.24, 2.45) is 11.1 Å². The van der Waals surface area contributed by atoms with Crippen molar-refractivity contribution in [1.29, 1.82) is 0 Å². The minimum Gasteiger partial charge on any atom is -0.330 e. The third kappa shape index (κ3) is 2.92. The highest BCUT2D eigenvalue weighted by molar-refractivity contribution is 7.11. The Balaban J connectivity index is 1.95. The van der Waals surface area contributed by atoms with Crippen molar-refractivity contribution in [3.63, 3.8) is 0 Å². The molecule has 1 fully saturated rings. The Morgan fingerprint density at radius 1 is 1.39 bits per heavy atom. The summed E-state index contributed by atoms with van der Waals surface area (Å²) >= 11 is 1.81. The standard InChI is InChI=1S/C14H25N3S/c1-10(13-11(2)17-12(3)18-13)16-9-14(8-15)6-4-5-7-14/h10,16H,4-9,15H2,1-3H3. The molecule has 102 valence electrons. The number of hydrogen-bond acceptors (Lipinski definition) is 4. The molecule has 18 heavy (non-hydrogen) atoms. The summed E-state index contributed by atoms with van der Waals surface area (Å²) in [6.45, 7) is 8.27. The number of nitrogens with zero attached hydrogens (tertiary/aromatic N) is 1. The summed E-state index contributed by atoms with van der Waals surface area (Å²) in [5, 5.41) is 4.84. The van der Waals surface area contributed by atoms with E-state index in [1.165, 1.54) is 36.3 Å². The fourth-order valence-electron chi connectivity index (χ4n) is 2.99. The van der Waals surface area contributed by atoms with Gasteiger partial charge in [0.1, 0.15) is 0 Å². The van der Waals surface area contributed by atoms with Gasteiger partial charge in [-0.1, -0.05) is 12.8 Å². The molecular formula is C14H25N3S. The van der Waals surface area contributed by atoms with E-state index >= 15 is 0 Å². The van der Waals surface area contributed by atoms with Gasteiger partial charge in [0.05, 0.1) is 10.7 Å². The van der Waals surface area contributed by atoms with Crippen LogP contribution in [0.3, 0.4) is 0 Å². The number of nitrogens with two attached hydrogens (primary N) is 1. The Hall–Kier alpha value is -0.450. The average molecular weight is 267 g/mol. The molecular weight excluding hydrogens is 242 g/mol. The SMILES string of the molecule is Cc1nc(C)c(C(C)NCC2(CN)CCCC2)s1. The van der Waals surface area contributed by atoms with Crippen LogP contribution in [0.4, 0.5) is 0 Å². The topological polar surface area (TPSA) is 50.9 Å². The summed E-state index contributed by atoms with van der Waals surface area (Å²) in [4.78, 5) is 5.88. The van der Waals surface area contributed by atoms with Gasteiger partial charge >= 0.3 is 0 Å². The van der Waals surface area contributed by atoms with Crippen LogP contribution in [0, 0.1) is 19.3 Å². The quantitative estimate of drug-likeness (QED) is 0.862. The molecule has 1 aliphatic carbocycles. The molecule has 0 amide bonds. The van der Waals surface area contributed by atoms with E-state index in [0.717, 1.165) is 18.1 Å². The van der Waals surface area contributed by atoms with Gasteiger partial charge in [0.15, 0.2) is 0 Å². The highest BCUT2D eigenvalue weighted by Gasteiger charge is 2.32. The molecule has 3 nitrogen and oxygen atoms in total. The molecule has 0 aliphatic heterocycles. The lowest BCUT2D eigenvalue weighted by molar-refractivity contribution is 0.280. The van der Waals surface area contributed by atoms with Crippen LogP contribution in [-0.2, 0) is 0 Å². The van der Waals surface area contributed by atoms with Gasteiger partial charge in [-0.2, -0.15) is 0 Å². The zero-order valence-electron chi connectivity index (χ0n) is 11.8. The number of aryl methyl sites for hydroxylation is 2. The predicted molar refractivity (Wildman–Crippen MR) is 78.0 cm³/mol. The van der Waals surface area contributed by atoms with Gasteiger partial charge in [-0.15, -0.1) is 11.3 Å². The van der Waals surface area contributed by atoms with E-state index in [9.17, 15) is 0 Å². The molecule has 0 spiro atoms. The minimum absolute atomic E-state index is 0.349. The van der Waals surface area contributed by atoms with Crippen LogP contribution in [0.15, 0.2) is 0 Å². The molecule has 0 aromatic carbocycles. The Bertz CT molecular complexity index is 394. The highest BCUT2D eigenvalue weighted by atomic mass is 32.1. The molecule has 3 N–H and O–H groups in total. The van der Waals surface area contributed by atoms with Crippen LogP contribution >= 0.6 is 11.3 Å². The van der Waals surface area contributed by atoms with Gasteiger partial charge < -0.3 is 11.1 Å². The number of hydrogen-bond donors (Lipinski definition) is 2. The van der Waals surface area contributed by atoms with E-state index in [1.54, 1.807) is 11.3 Å². The second-order valence-electron chi connectivity index (χ2n) is 5.70. The van der Waals surface area contributed by atoms with Crippen LogP contribution in [-0.4, -0.2) is 18.1 Å². The zero-order chi connectivity index (χ0) is 13.2. The summed E-state index contributed by atoms with van der Waals surface area (Å²) in [5.74, 6) is 0. The van der Waals surface area contributed by atoms with E-state index < -0.39 is 0 Å². The smallest absolute Gasteiger partial charge is 0.0900 e. The Kier molecular flexibility index (Phi) is 4.41. The summed E-state index contributed by atoms with van der Waals surface area (Å²) in [5.41, 5.74) is 7.50. The van der Waals surface area contributed by atoms with E-state index in [1.807, 2.05) is 0 Å². The first-order valence-corrected chi connectivity index (χ1v) is 7.75. The number of nitrogens with one attached hydrogen (secondary N) is 1. The van der Waals surface area contributed by atoms with Gasteiger partial charge in [-0.3, -0.25) is 0 Å². The molecule has 1 aliphatic rings. The highest BCUT2D eigenvalue weighted by Crippen LogP contribution is 2.37. The normalized spacial score (nSPS) is 20.2. The van der Waals surface area contributed by atoms with E-state index in [2.05, 4.69) is 31.1 Å². The number of aromatic nitrogens is 1. The fourth-order valence-corrected chi connectivity index (χ4v) is 3.94. The van der Waals surface area contributed by atoms with Crippen molar-refractivity contribution in [2.45, 2.75) is 52.5 Å². The average Bonchev–Trinajstić information content (AvgIpc) is 2.94. The van der Waals surface area contributed by atoms with Crippen molar-refractivity contribution in [3.05, 3.63) is 15.6 Å². The van der Waals surface area contributed by atoms with Gasteiger partial charge in [-0.25, -0.2) is 4.98 Å². The third-order valence-electron chi connectivity index (χ3n) is 4.21. The molecule has 0 saturated heterocycles. The molecule has 2 rings (SSSR count). The summed E-state index contributed by atoms with van der Waals surface area (Å²) in [7, 11) is 0. The number of thiazole rings is 1. The lowest BCUT2D eigenvalue weighted by Gasteiger charge is -2.29. The maximum Gasteiger partial charge on any atom is 0.0900 e. The molecule has 1 aromatic heterocycles. The van der Waals surface area contributed by atoms with Crippen LogP contribution in [0.25, 0.3) is 0 Å². The second kappa shape index (κ2) is 5.68. The number of rotatable bonds is 5. The lowest BCUT2D eigenvalue weighted by atomic mass is 9.86. The van der Waals surface area contributed by atoms with Gasteiger partial charge in [0.25, 0.3) is 0 Å². The van der Waals surface area contributed by atoms with E-state index in [-0.39, 0.29) is 0 Å². The maximum atomic E-state index is 5.98.